The van der Waals surface area contributed by atoms with Crippen LogP contribution in [0.15, 0.2) is 30.5 Å². The van der Waals surface area contributed by atoms with Crippen LogP contribution in [0.2, 0.25) is 0 Å². The molecule has 0 saturated carbocycles. The van der Waals surface area contributed by atoms with E-state index in [2.05, 4.69) is 14.9 Å². The van der Waals surface area contributed by atoms with Crippen LogP contribution in [0.4, 0.5) is 4.39 Å². The number of halogens is 1. The third-order valence-corrected chi connectivity index (χ3v) is 4.22. The fourth-order valence-corrected chi connectivity index (χ4v) is 2.96. The quantitative estimate of drug-likeness (QED) is 0.937. The van der Waals surface area contributed by atoms with Crippen molar-refractivity contribution in [3.63, 3.8) is 0 Å². The summed E-state index contributed by atoms with van der Waals surface area (Å²) in [5.74, 6) is 0.287. The molecule has 3 rings (SSSR count). The fourth-order valence-electron chi connectivity index (χ4n) is 2.96. The van der Waals surface area contributed by atoms with Gasteiger partial charge in [-0.3, -0.25) is 9.69 Å². The Bertz CT molecular complexity index is 717. The number of carbonyl (C=O) groups excluding carboxylic acids is 1. The van der Waals surface area contributed by atoms with Crippen molar-refractivity contribution in [2.24, 2.45) is 5.73 Å². The minimum absolute atomic E-state index is 0.216. The second-order valence-electron chi connectivity index (χ2n) is 5.94. The van der Waals surface area contributed by atoms with E-state index in [4.69, 9.17) is 5.73 Å². The Labute approximate surface area is 134 Å². The molecule has 6 heteroatoms. The Morgan fingerprint density at radius 2 is 2.13 bits per heavy atom. The zero-order valence-electron chi connectivity index (χ0n) is 13.0. The van der Waals surface area contributed by atoms with E-state index in [1.807, 2.05) is 12.1 Å². The number of nitrogens with zero attached hydrogens (tertiary/aromatic N) is 3. The molecule has 120 valence electrons. The molecule has 1 aromatic heterocycles. The normalized spacial score (nSPS) is 18.3. The molecular weight excluding hydrogens is 295 g/mol. The average molecular weight is 314 g/mol. The lowest BCUT2D eigenvalue weighted by Gasteiger charge is -2.16. The molecule has 1 fully saturated rings. The maximum absolute atomic E-state index is 12.9. The predicted molar refractivity (Wildman–Crippen MR) is 84.3 cm³/mol. The number of likely N-dealkylation sites (tertiary alicyclic amines) is 1. The van der Waals surface area contributed by atoms with Gasteiger partial charge in [-0.2, -0.15) is 0 Å². The molecule has 0 bridgehead atoms. The van der Waals surface area contributed by atoms with Crippen molar-refractivity contribution in [2.45, 2.75) is 25.8 Å². The van der Waals surface area contributed by atoms with Gasteiger partial charge in [0.05, 0.1) is 11.3 Å². The third kappa shape index (κ3) is 3.53. The highest BCUT2D eigenvalue weighted by molar-refractivity contribution is 5.93. The Morgan fingerprint density at radius 1 is 1.39 bits per heavy atom. The first kappa shape index (κ1) is 15.6. The van der Waals surface area contributed by atoms with Crippen LogP contribution >= 0.6 is 0 Å². The molecule has 23 heavy (non-hydrogen) atoms. The first-order chi connectivity index (χ1) is 11.0. The summed E-state index contributed by atoms with van der Waals surface area (Å²) in [6.07, 6.45) is 2.49. The van der Waals surface area contributed by atoms with E-state index in [0.29, 0.717) is 11.3 Å². The lowest BCUT2D eigenvalue weighted by atomic mass is 10.1. The minimum atomic E-state index is -0.501. The van der Waals surface area contributed by atoms with Gasteiger partial charge in [-0.25, -0.2) is 14.4 Å². The Kier molecular flexibility index (Phi) is 4.34. The van der Waals surface area contributed by atoms with E-state index < -0.39 is 5.91 Å². The van der Waals surface area contributed by atoms with E-state index in [1.165, 1.54) is 18.3 Å². The van der Waals surface area contributed by atoms with E-state index in [0.717, 1.165) is 37.4 Å². The van der Waals surface area contributed by atoms with Crippen LogP contribution in [0, 0.1) is 12.7 Å². The minimum Gasteiger partial charge on any atom is -0.365 e. The van der Waals surface area contributed by atoms with E-state index in [9.17, 15) is 9.18 Å². The van der Waals surface area contributed by atoms with Gasteiger partial charge in [-0.15, -0.1) is 0 Å². The number of aryl methyl sites for hydroxylation is 1. The van der Waals surface area contributed by atoms with Crippen molar-refractivity contribution < 1.29 is 9.18 Å². The lowest BCUT2D eigenvalue weighted by Crippen LogP contribution is -2.21. The molecule has 5 nitrogen and oxygen atoms in total. The smallest absolute Gasteiger partial charge is 0.252 e. The van der Waals surface area contributed by atoms with Gasteiger partial charge in [0.2, 0.25) is 0 Å². The molecule has 1 aromatic carbocycles. The number of rotatable bonds is 4. The van der Waals surface area contributed by atoms with Crippen molar-refractivity contribution in [3.05, 3.63) is 58.9 Å². The Morgan fingerprint density at radius 3 is 2.78 bits per heavy atom. The summed E-state index contributed by atoms with van der Waals surface area (Å²) in [6, 6.07) is 6.59. The van der Waals surface area contributed by atoms with Crippen molar-refractivity contribution >= 4 is 5.91 Å². The van der Waals surface area contributed by atoms with Gasteiger partial charge in [0.25, 0.3) is 5.91 Å². The highest BCUT2D eigenvalue weighted by Gasteiger charge is 2.26. The van der Waals surface area contributed by atoms with Crippen molar-refractivity contribution in [1.82, 2.24) is 14.9 Å². The predicted octanol–water partition coefficient (Wildman–Crippen LogP) is 2.01. The number of hydrogen-bond donors (Lipinski definition) is 1. The zero-order valence-corrected chi connectivity index (χ0v) is 13.0. The summed E-state index contributed by atoms with van der Waals surface area (Å²) >= 11 is 0. The van der Waals surface area contributed by atoms with Gasteiger partial charge in [0.1, 0.15) is 11.6 Å². The van der Waals surface area contributed by atoms with Gasteiger partial charge in [-0.05, 0) is 37.6 Å². The fraction of sp³-hybridized carbons (Fsp3) is 0.353. The SMILES string of the molecule is Cc1nc([C@@H]2CCN(Cc3ccc(F)cc3)C2)ncc1C(N)=O. The average Bonchev–Trinajstić information content (AvgIpc) is 2.97. The Balaban J connectivity index is 1.66. The number of benzene rings is 1. The molecular formula is C17H19FN4O. The molecule has 0 radical (unpaired) electrons. The highest BCUT2D eigenvalue weighted by atomic mass is 19.1. The maximum Gasteiger partial charge on any atom is 0.252 e. The van der Waals surface area contributed by atoms with Gasteiger partial charge in [0, 0.05) is 25.2 Å². The molecule has 0 spiro atoms. The second kappa shape index (κ2) is 6.42. The molecule has 2 heterocycles. The molecule has 1 amide bonds. The maximum atomic E-state index is 12.9. The summed E-state index contributed by atoms with van der Waals surface area (Å²) in [5, 5.41) is 0. The number of primary amides is 1. The number of nitrogens with two attached hydrogens (primary N) is 1. The van der Waals surface area contributed by atoms with Gasteiger partial charge in [0.15, 0.2) is 0 Å². The summed E-state index contributed by atoms with van der Waals surface area (Å²) < 4.78 is 12.9. The standard InChI is InChI=1S/C17H19FN4O/c1-11-15(16(19)23)8-20-17(21-11)13-6-7-22(10-13)9-12-2-4-14(18)5-3-12/h2-5,8,13H,6-7,9-10H2,1H3,(H2,19,23)/t13-/m1/s1. The van der Waals surface area contributed by atoms with Gasteiger partial charge < -0.3 is 5.73 Å². The van der Waals surface area contributed by atoms with Crippen LogP contribution in [0.5, 0.6) is 0 Å². The highest BCUT2D eigenvalue weighted by Crippen LogP contribution is 2.26. The number of aromatic nitrogens is 2. The van der Waals surface area contributed by atoms with Crippen LogP contribution in [0.1, 0.15) is 39.8 Å². The van der Waals surface area contributed by atoms with Crippen molar-refractivity contribution in [2.75, 3.05) is 13.1 Å². The van der Waals surface area contributed by atoms with E-state index in [-0.39, 0.29) is 11.7 Å². The van der Waals surface area contributed by atoms with Gasteiger partial charge in [-0.1, -0.05) is 12.1 Å². The zero-order chi connectivity index (χ0) is 16.4. The van der Waals surface area contributed by atoms with Crippen LogP contribution in [0.3, 0.4) is 0 Å². The van der Waals surface area contributed by atoms with Crippen LogP contribution in [-0.4, -0.2) is 33.9 Å². The molecule has 2 N–H and O–H groups in total. The molecule has 1 atom stereocenters. The molecule has 1 saturated heterocycles. The number of carbonyl (C=O) groups is 1. The van der Waals surface area contributed by atoms with Crippen LogP contribution < -0.4 is 5.73 Å². The van der Waals surface area contributed by atoms with E-state index >= 15 is 0 Å². The molecule has 0 unspecified atom stereocenters. The summed E-state index contributed by atoms with van der Waals surface area (Å²) in [5.41, 5.74) is 7.37. The first-order valence-electron chi connectivity index (χ1n) is 7.63. The third-order valence-electron chi connectivity index (χ3n) is 4.22. The molecule has 0 aliphatic carbocycles. The summed E-state index contributed by atoms with van der Waals surface area (Å²) in [4.78, 5) is 22.3. The topological polar surface area (TPSA) is 72.1 Å². The van der Waals surface area contributed by atoms with E-state index in [1.54, 1.807) is 6.92 Å². The number of hydrogen-bond acceptors (Lipinski definition) is 4. The first-order valence-corrected chi connectivity index (χ1v) is 7.63. The number of amides is 1. The van der Waals surface area contributed by atoms with Gasteiger partial charge >= 0.3 is 0 Å². The molecule has 1 aliphatic heterocycles. The monoisotopic (exact) mass is 314 g/mol. The lowest BCUT2D eigenvalue weighted by molar-refractivity contribution is 0.0999. The molecule has 1 aliphatic rings. The molecule has 2 aromatic rings. The van der Waals surface area contributed by atoms with Crippen LogP contribution in [0.25, 0.3) is 0 Å². The summed E-state index contributed by atoms with van der Waals surface area (Å²) in [6.45, 7) is 4.36. The van der Waals surface area contributed by atoms with Crippen LogP contribution in [-0.2, 0) is 6.54 Å². The van der Waals surface area contributed by atoms with Crippen molar-refractivity contribution in [1.29, 1.82) is 0 Å². The van der Waals surface area contributed by atoms with Crippen molar-refractivity contribution in [3.8, 4) is 0 Å². The Hall–Kier alpha value is -2.34. The summed E-state index contributed by atoms with van der Waals surface area (Å²) in [7, 11) is 0. The largest absolute Gasteiger partial charge is 0.365 e. The second-order valence-corrected chi connectivity index (χ2v) is 5.94.